The molecule has 0 aliphatic rings. The SMILES string of the molecule is COc1ccc(OC)c(-c2cc(N)nc(=S)[nH]2)c1. The minimum absolute atomic E-state index is 0.329. The number of nitrogen functional groups attached to an aromatic ring is 1. The highest BCUT2D eigenvalue weighted by atomic mass is 32.1. The number of aromatic amines is 1. The van der Waals surface area contributed by atoms with Gasteiger partial charge in [0.05, 0.1) is 19.9 Å². The quantitative estimate of drug-likeness (QED) is 0.832. The maximum absolute atomic E-state index is 5.69. The van der Waals surface area contributed by atoms with Crippen LogP contribution in [0.5, 0.6) is 11.5 Å². The average Bonchev–Trinajstić information content (AvgIpc) is 2.36. The van der Waals surface area contributed by atoms with Gasteiger partial charge in [-0.05, 0) is 30.4 Å². The second kappa shape index (κ2) is 5.05. The third kappa shape index (κ3) is 2.43. The molecular formula is C12H13N3O2S. The third-order valence-corrected chi connectivity index (χ3v) is 2.65. The molecule has 0 radical (unpaired) electrons. The van der Waals surface area contributed by atoms with Crippen molar-refractivity contribution in [3.63, 3.8) is 0 Å². The van der Waals surface area contributed by atoms with E-state index in [1.165, 1.54) is 0 Å². The lowest BCUT2D eigenvalue weighted by Crippen LogP contribution is -1.96. The Labute approximate surface area is 110 Å². The summed E-state index contributed by atoms with van der Waals surface area (Å²) in [6.45, 7) is 0. The molecule has 18 heavy (non-hydrogen) atoms. The van der Waals surface area contributed by atoms with Crippen LogP contribution < -0.4 is 15.2 Å². The van der Waals surface area contributed by atoms with E-state index in [0.717, 1.165) is 17.0 Å². The molecule has 0 fully saturated rings. The monoisotopic (exact) mass is 263 g/mol. The van der Waals surface area contributed by atoms with E-state index < -0.39 is 0 Å². The Morgan fingerprint density at radius 3 is 2.61 bits per heavy atom. The Balaban J connectivity index is 2.64. The molecule has 1 heterocycles. The van der Waals surface area contributed by atoms with Crippen LogP contribution >= 0.6 is 12.2 Å². The number of hydrogen-bond acceptors (Lipinski definition) is 5. The average molecular weight is 263 g/mol. The van der Waals surface area contributed by atoms with Gasteiger partial charge in [0.25, 0.3) is 0 Å². The summed E-state index contributed by atoms with van der Waals surface area (Å²) in [6.07, 6.45) is 0. The molecule has 0 aliphatic heterocycles. The molecule has 0 bridgehead atoms. The second-order valence-corrected chi connectivity index (χ2v) is 3.98. The highest BCUT2D eigenvalue weighted by molar-refractivity contribution is 7.71. The molecule has 0 atom stereocenters. The van der Waals surface area contributed by atoms with Crippen molar-refractivity contribution in [2.24, 2.45) is 0 Å². The number of anilines is 1. The number of ether oxygens (including phenoxy) is 2. The Morgan fingerprint density at radius 2 is 2.00 bits per heavy atom. The highest BCUT2D eigenvalue weighted by Crippen LogP contribution is 2.32. The van der Waals surface area contributed by atoms with E-state index in [1.807, 2.05) is 18.2 Å². The van der Waals surface area contributed by atoms with Crippen molar-refractivity contribution in [3.05, 3.63) is 29.0 Å². The van der Waals surface area contributed by atoms with Crippen LogP contribution in [0.1, 0.15) is 0 Å². The first kappa shape index (κ1) is 12.4. The van der Waals surface area contributed by atoms with Crippen LogP contribution in [0.2, 0.25) is 0 Å². The Hall–Kier alpha value is -2.08. The molecule has 0 aliphatic carbocycles. The van der Waals surface area contributed by atoms with E-state index in [0.29, 0.717) is 16.3 Å². The van der Waals surface area contributed by atoms with Gasteiger partial charge >= 0.3 is 0 Å². The molecule has 2 aromatic rings. The molecule has 5 nitrogen and oxygen atoms in total. The molecule has 0 amide bonds. The predicted octanol–water partition coefficient (Wildman–Crippen LogP) is 2.41. The van der Waals surface area contributed by atoms with Gasteiger partial charge in [-0.2, -0.15) is 0 Å². The summed E-state index contributed by atoms with van der Waals surface area (Å²) >= 11 is 5.01. The Bertz CT molecular complexity index is 625. The lowest BCUT2D eigenvalue weighted by Gasteiger charge is -2.10. The second-order valence-electron chi connectivity index (χ2n) is 3.59. The third-order valence-electron chi connectivity index (χ3n) is 2.46. The normalized spacial score (nSPS) is 10.1. The van der Waals surface area contributed by atoms with Crippen LogP contribution in [0.3, 0.4) is 0 Å². The van der Waals surface area contributed by atoms with E-state index >= 15 is 0 Å². The largest absolute Gasteiger partial charge is 0.497 e. The zero-order valence-electron chi connectivity index (χ0n) is 10.1. The van der Waals surface area contributed by atoms with E-state index in [1.54, 1.807) is 20.3 Å². The summed E-state index contributed by atoms with van der Waals surface area (Å²) in [5.41, 5.74) is 7.24. The van der Waals surface area contributed by atoms with E-state index in [2.05, 4.69) is 9.97 Å². The molecule has 2 rings (SSSR count). The van der Waals surface area contributed by atoms with Crippen molar-refractivity contribution in [2.75, 3.05) is 20.0 Å². The summed E-state index contributed by atoms with van der Waals surface area (Å²) in [4.78, 5) is 6.90. The lowest BCUT2D eigenvalue weighted by atomic mass is 10.1. The smallest absolute Gasteiger partial charge is 0.199 e. The van der Waals surface area contributed by atoms with Gasteiger partial charge < -0.3 is 20.2 Å². The summed E-state index contributed by atoms with van der Waals surface area (Å²) < 4.78 is 10.8. The van der Waals surface area contributed by atoms with Crippen molar-refractivity contribution in [1.29, 1.82) is 0 Å². The van der Waals surface area contributed by atoms with Crippen molar-refractivity contribution in [3.8, 4) is 22.8 Å². The van der Waals surface area contributed by atoms with Crippen molar-refractivity contribution in [2.45, 2.75) is 0 Å². The predicted molar refractivity (Wildman–Crippen MR) is 72.4 cm³/mol. The minimum Gasteiger partial charge on any atom is -0.497 e. The van der Waals surface area contributed by atoms with Crippen LogP contribution in [-0.2, 0) is 0 Å². The number of methoxy groups -OCH3 is 2. The molecule has 6 heteroatoms. The van der Waals surface area contributed by atoms with E-state index in [4.69, 9.17) is 27.4 Å². The molecule has 1 aromatic heterocycles. The summed E-state index contributed by atoms with van der Waals surface area (Å²) in [7, 11) is 3.21. The number of aromatic nitrogens is 2. The fraction of sp³-hybridized carbons (Fsp3) is 0.167. The molecule has 0 saturated carbocycles. The fourth-order valence-electron chi connectivity index (χ4n) is 1.65. The number of rotatable bonds is 3. The van der Waals surface area contributed by atoms with E-state index in [9.17, 15) is 0 Å². The van der Waals surface area contributed by atoms with Gasteiger partial charge in [0.2, 0.25) is 0 Å². The van der Waals surface area contributed by atoms with Gasteiger partial charge in [0, 0.05) is 11.6 Å². The van der Waals surface area contributed by atoms with E-state index in [-0.39, 0.29) is 0 Å². The molecule has 0 saturated heterocycles. The summed E-state index contributed by atoms with van der Waals surface area (Å²) in [6, 6.07) is 7.19. The van der Waals surface area contributed by atoms with Crippen LogP contribution in [-0.4, -0.2) is 24.2 Å². The standard InChI is InChI=1S/C12H13N3O2S/c1-16-7-3-4-10(17-2)8(5-7)9-6-11(13)15-12(18)14-9/h3-6H,1-2H3,(H3,13,14,15,18). The van der Waals surface area contributed by atoms with Gasteiger partial charge in [0.1, 0.15) is 17.3 Å². The van der Waals surface area contributed by atoms with Gasteiger partial charge in [-0.1, -0.05) is 0 Å². The van der Waals surface area contributed by atoms with Crippen LogP contribution in [0.25, 0.3) is 11.3 Å². The van der Waals surface area contributed by atoms with Crippen molar-refractivity contribution in [1.82, 2.24) is 9.97 Å². The molecule has 0 spiro atoms. The number of H-pyrrole nitrogens is 1. The zero-order chi connectivity index (χ0) is 13.1. The first-order chi connectivity index (χ1) is 8.63. The van der Waals surface area contributed by atoms with Crippen LogP contribution in [0.15, 0.2) is 24.3 Å². The highest BCUT2D eigenvalue weighted by Gasteiger charge is 2.09. The van der Waals surface area contributed by atoms with Gasteiger partial charge in [-0.15, -0.1) is 0 Å². The maximum Gasteiger partial charge on any atom is 0.199 e. The number of hydrogen-bond donors (Lipinski definition) is 2. The maximum atomic E-state index is 5.69. The van der Waals surface area contributed by atoms with Gasteiger partial charge in [-0.3, -0.25) is 0 Å². The Kier molecular flexibility index (Phi) is 3.47. The lowest BCUT2D eigenvalue weighted by molar-refractivity contribution is 0.404. The Morgan fingerprint density at radius 1 is 1.22 bits per heavy atom. The minimum atomic E-state index is 0.329. The van der Waals surface area contributed by atoms with Crippen molar-refractivity contribution >= 4 is 18.0 Å². The van der Waals surface area contributed by atoms with Crippen molar-refractivity contribution < 1.29 is 9.47 Å². The summed E-state index contributed by atoms with van der Waals surface area (Å²) in [5.74, 6) is 1.78. The van der Waals surface area contributed by atoms with Gasteiger partial charge in [-0.25, -0.2) is 4.98 Å². The number of nitrogens with zero attached hydrogens (tertiary/aromatic N) is 1. The molecule has 94 valence electrons. The van der Waals surface area contributed by atoms with Crippen LogP contribution in [0, 0.1) is 4.77 Å². The number of benzene rings is 1. The first-order valence-electron chi connectivity index (χ1n) is 5.23. The van der Waals surface area contributed by atoms with Gasteiger partial charge in [0.15, 0.2) is 4.77 Å². The molecule has 1 aromatic carbocycles. The van der Waals surface area contributed by atoms with Crippen LogP contribution in [0.4, 0.5) is 5.82 Å². The first-order valence-corrected chi connectivity index (χ1v) is 5.64. The molecule has 0 unspecified atom stereocenters. The molecule has 3 N–H and O–H groups in total. The fourth-order valence-corrected chi connectivity index (χ4v) is 1.86. The number of nitrogens with one attached hydrogen (secondary N) is 1. The number of nitrogens with two attached hydrogens (primary N) is 1. The summed E-state index contributed by atoms with van der Waals surface area (Å²) in [5, 5.41) is 0. The molecular weight excluding hydrogens is 250 g/mol. The topological polar surface area (TPSA) is 73.2 Å². The zero-order valence-corrected chi connectivity index (χ0v) is 10.9.